The third kappa shape index (κ3) is 6.13. The van der Waals surface area contributed by atoms with Gasteiger partial charge in [-0.3, -0.25) is 14.7 Å². The Balaban J connectivity index is 4.00. The number of rotatable bonds is 9. The topological polar surface area (TPSA) is 9.72 Å². The molecule has 0 aromatic rings. The molecule has 0 unspecified atom stereocenters. The molecule has 0 atom stereocenters. The summed E-state index contributed by atoms with van der Waals surface area (Å²) in [4.78, 5) is 7.43. The van der Waals surface area contributed by atoms with Crippen LogP contribution in [0.15, 0.2) is 0 Å². The molecule has 0 spiro atoms. The van der Waals surface area contributed by atoms with Gasteiger partial charge >= 0.3 is 0 Å². The van der Waals surface area contributed by atoms with Crippen LogP contribution in [0.5, 0.6) is 0 Å². The molecule has 0 heterocycles. The third-order valence-electron chi connectivity index (χ3n) is 3.04. The highest BCUT2D eigenvalue weighted by molar-refractivity contribution is 4.58. The molecule has 0 aromatic heterocycles. The Morgan fingerprint density at radius 1 is 0.467 bits per heavy atom. The van der Waals surface area contributed by atoms with Crippen LogP contribution in [0.4, 0.5) is 0 Å². The van der Waals surface area contributed by atoms with Crippen molar-refractivity contribution in [3.05, 3.63) is 0 Å². The lowest BCUT2D eigenvalue weighted by Gasteiger charge is -2.32. The highest BCUT2D eigenvalue weighted by atomic mass is 15.4. The first kappa shape index (κ1) is 14.9. The zero-order valence-electron chi connectivity index (χ0n) is 11.3. The largest absolute Gasteiger partial charge is 0.291 e. The van der Waals surface area contributed by atoms with E-state index in [2.05, 4.69) is 49.3 Å². The van der Waals surface area contributed by atoms with E-state index in [9.17, 15) is 0 Å². The molecule has 0 aliphatic carbocycles. The Morgan fingerprint density at radius 3 is 0.933 bits per heavy atom. The van der Waals surface area contributed by atoms with E-state index in [1.165, 1.54) is 0 Å². The fourth-order valence-corrected chi connectivity index (χ4v) is 1.66. The van der Waals surface area contributed by atoms with Gasteiger partial charge in [0.05, 0.1) is 13.3 Å². The first-order valence-electron chi connectivity index (χ1n) is 6.38. The summed E-state index contributed by atoms with van der Waals surface area (Å²) in [5, 5.41) is 0. The molecule has 0 radical (unpaired) electrons. The second-order valence-electron chi connectivity index (χ2n) is 3.88. The van der Waals surface area contributed by atoms with Crippen LogP contribution in [0.25, 0.3) is 0 Å². The van der Waals surface area contributed by atoms with Crippen molar-refractivity contribution in [3.8, 4) is 0 Å². The summed E-state index contributed by atoms with van der Waals surface area (Å²) in [6.07, 6.45) is 0. The highest BCUT2D eigenvalue weighted by Crippen LogP contribution is 1.97. The number of hydrogen-bond donors (Lipinski definition) is 0. The monoisotopic (exact) mass is 215 g/mol. The molecule has 0 aromatic carbocycles. The molecule has 0 aliphatic heterocycles. The van der Waals surface area contributed by atoms with Gasteiger partial charge in [-0.25, -0.2) is 0 Å². The van der Waals surface area contributed by atoms with E-state index in [1.54, 1.807) is 0 Å². The first-order chi connectivity index (χ1) is 7.21. The van der Waals surface area contributed by atoms with Crippen LogP contribution in [0.3, 0.4) is 0 Å². The maximum absolute atomic E-state index is 2.50. The third-order valence-corrected chi connectivity index (χ3v) is 3.04. The van der Waals surface area contributed by atoms with Gasteiger partial charge in [0.15, 0.2) is 0 Å². The molecule has 0 N–H and O–H groups in total. The lowest BCUT2D eigenvalue weighted by Crippen LogP contribution is -2.44. The van der Waals surface area contributed by atoms with Crippen LogP contribution in [-0.2, 0) is 0 Å². The van der Waals surface area contributed by atoms with E-state index in [-0.39, 0.29) is 0 Å². The van der Waals surface area contributed by atoms with E-state index in [0.29, 0.717) is 0 Å². The first-order valence-corrected chi connectivity index (χ1v) is 6.38. The van der Waals surface area contributed by atoms with Gasteiger partial charge in [0.2, 0.25) is 0 Å². The van der Waals surface area contributed by atoms with Crippen LogP contribution >= 0.6 is 0 Å². The van der Waals surface area contributed by atoms with Crippen molar-refractivity contribution >= 4 is 0 Å². The lowest BCUT2D eigenvalue weighted by atomic mass is 10.5. The van der Waals surface area contributed by atoms with E-state index >= 15 is 0 Å². The smallest absolute Gasteiger partial charge is 0.0517 e. The minimum atomic E-state index is 1.10. The average Bonchev–Trinajstić information content (AvgIpc) is 2.30. The molecule has 0 aliphatic rings. The Morgan fingerprint density at radius 2 is 0.733 bits per heavy atom. The summed E-state index contributed by atoms with van der Waals surface area (Å²) in [6.45, 7) is 19.1. The molecule has 3 heteroatoms. The van der Waals surface area contributed by atoms with Crippen LogP contribution in [0.1, 0.15) is 34.6 Å². The zero-order valence-corrected chi connectivity index (χ0v) is 11.3. The maximum atomic E-state index is 2.50. The van der Waals surface area contributed by atoms with Gasteiger partial charge in [-0.2, -0.15) is 0 Å². The van der Waals surface area contributed by atoms with E-state index in [1.807, 2.05) is 0 Å². The molecule has 0 bridgehead atoms. The van der Waals surface area contributed by atoms with Crippen molar-refractivity contribution in [2.45, 2.75) is 34.6 Å². The standard InChI is InChI=1S/C12H29N3/c1-6-13(7-2)11-15(10-5)12-14(8-3)9-4/h6-12H2,1-5H3. The molecular weight excluding hydrogens is 186 g/mol. The molecule has 0 saturated carbocycles. The molecule has 0 rings (SSSR count). The van der Waals surface area contributed by atoms with Gasteiger partial charge in [0, 0.05) is 0 Å². The molecule has 0 saturated heterocycles. The zero-order chi connectivity index (χ0) is 11.7. The summed E-state index contributed by atoms with van der Waals surface area (Å²) in [7, 11) is 0. The maximum Gasteiger partial charge on any atom is 0.0517 e. The molecule has 92 valence electrons. The lowest BCUT2D eigenvalue weighted by molar-refractivity contribution is 0.0834. The predicted molar refractivity (Wildman–Crippen MR) is 68.0 cm³/mol. The van der Waals surface area contributed by atoms with Gasteiger partial charge in [-0.05, 0) is 32.7 Å². The summed E-state index contributed by atoms with van der Waals surface area (Å²) >= 11 is 0. The quantitative estimate of drug-likeness (QED) is 0.544. The fraction of sp³-hybridized carbons (Fsp3) is 1.00. The van der Waals surface area contributed by atoms with Gasteiger partial charge in [0.1, 0.15) is 0 Å². The van der Waals surface area contributed by atoms with Crippen LogP contribution in [0, 0.1) is 0 Å². The second kappa shape index (κ2) is 9.13. The van der Waals surface area contributed by atoms with E-state index in [0.717, 1.165) is 46.1 Å². The van der Waals surface area contributed by atoms with Crippen molar-refractivity contribution in [1.82, 2.24) is 14.7 Å². The normalized spacial score (nSPS) is 12.0. The van der Waals surface area contributed by atoms with Gasteiger partial charge in [-0.1, -0.05) is 34.6 Å². The molecule has 15 heavy (non-hydrogen) atoms. The van der Waals surface area contributed by atoms with E-state index in [4.69, 9.17) is 0 Å². The fourth-order valence-electron chi connectivity index (χ4n) is 1.66. The minimum Gasteiger partial charge on any atom is -0.291 e. The van der Waals surface area contributed by atoms with Crippen molar-refractivity contribution in [2.75, 3.05) is 46.1 Å². The van der Waals surface area contributed by atoms with Gasteiger partial charge in [-0.15, -0.1) is 0 Å². The predicted octanol–water partition coefficient (Wildman–Crippen LogP) is 1.91. The summed E-state index contributed by atoms with van der Waals surface area (Å²) in [5.74, 6) is 0. The summed E-state index contributed by atoms with van der Waals surface area (Å²) < 4.78 is 0. The van der Waals surface area contributed by atoms with Crippen molar-refractivity contribution in [2.24, 2.45) is 0 Å². The van der Waals surface area contributed by atoms with Crippen molar-refractivity contribution < 1.29 is 0 Å². The Hall–Kier alpha value is -0.120. The SMILES string of the molecule is CCN(CC)CN(CC)CN(CC)CC. The van der Waals surface area contributed by atoms with E-state index < -0.39 is 0 Å². The number of hydrogen-bond acceptors (Lipinski definition) is 3. The average molecular weight is 215 g/mol. The molecule has 0 fully saturated rings. The summed E-state index contributed by atoms with van der Waals surface area (Å²) in [5.41, 5.74) is 0. The van der Waals surface area contributed by atoms with Gasteiger partial charge < -0.3 is 0 Å². The summed E-state index contributed by atoms with van der Waals surface area (Å²) in [6, 6.07) is 0. The Bertz CT molecular complexity index is 117. The number of nitrogens with zero attached hydrogens (tertiary/aromatic N) is 3. The Labute approximate surface area is 96.0 Å². The van der Waals surface area contributed by atoms with Crippen LogP contribution in [0.2, 0.25) is 0 Å². The molecular formula is C12H29N3. The van der Waals surface area contributed by atoms with Gasteiger partial charge in [0.25, 0.3) is 0 Å². The van der Waals surface area contributed by atoms with Crippen molar-refractivity contribution in [3.63, 3.8) is 0 Å². The van der Waals surface area contributed by atoms with Crippen molar-refractivity contribution in [1.29, 1.82) is 0 Å². The second-order valence-corrected chi connectivity index (χ2v) is 3.88. The molecule has 0 amide bonds. The minimum absolute atomic E-state index is 1.10. The van der Waals surface area contributed by atoms with Crippen LogP contribution in [-0.4, -0.2) is 60.8 Å². The van der Waals surface area contributed by atoms with Crippen LogP contribution < -0.4 is 0 Å². The Kier molecular flexibility index (Phi) is 9.06. The molecule has 3 nitrogen and oxygen atoms in total. The highest BCUT2D eigenvalue weighted by Gasteiger charge is 2.09.